The number of para-hydroxylation sites is 1. The van der Waals surface area contributed by atoms with Crippen LogP contribution in [0.1, 0.15) is 35.4 Å². The first kappa shape index (κ1) is 17.0. The molecule has 2 aromatic rings. The van der Waals surface area contributed by atoms with Crippen LogP contribution in [0.15, 0.2) is 42.5 Å². The van der Waals surface area contributed by atoms with Gasteiger partial charge in [0, 0.05) is 6.42 Å². The third kappa shape index (κ3) is 4.07. The number of carbonyl (C=O) groups is 1. The van der Waals surface area contributed by atoms with Crippen LogP contribution in [0.5, 0.6) is 11.5 Å². The lowest BCUT2D eigenvalue weighted by atomic mass is 10.1. The van der Waals surface area contributed by atoms with Gasteiger partial charge in [-0.15, -0.1) is 0 Å². The average Bonchev–Trinajstić information content (AvgIpc) is 2.59. The molecule has 0 aliphatic heterocycles. The van der Waals surface area contributed by atoms with E-state index in [0.717, 1.165) is 0 Å². The molecule has 0 fully saturated rings. The first-order valence-electron chi connectivity index (χ1n) is 7.33. The molecule has 2 rings (SSSR count). The van der Waals surface area contributed by atoms with Gasteiger partial charge in [-0.1, -0.05) is 25.1 Å². The van der Waals surface area contributed by atoms with Crippen molar-refractivity contribution in [2.75, 3.05) is 13.7 Å². The first-order valence-corrected chi connectivity index (χ1v) is 7.33. The molecule has 0 aliphatic carbocycles. The Kier molecular flexibility index (Phi) is 5.71. The Morgan fingerprint density at radius 3 is 2.61 bits per heavy atom. The molecule has 4 nitrogen and oxygen atoms in total. The van der Waals surface area contributed by atoms with Crippen molar-refractivity contribution in [3.05, 3.63) is 59.4 Å². The van der Waals surface area contributed by atoms with Gasteiger partial charge in [0.05, 0.1) is 12.7 Å². The van der Waals surface area contributed by atoms with Gasteiger partial charge in [-0.2, -0.15) is 0 Å². The number of aliphatic hydroxyl groups is 1. The Labute approximate surface area is 134 Å². The van der Waals surface area contributed by atoms with E-state index in [0.29, 0.717) is 23.3 Å². The van der Waals surface area contributed by atoms with Crippen LogP contribution in [0.2, 0.25) is 0 Å². The smallest absolute Gasteiger partial charge is 0.166 e. The quantitative estimate of drug-likeness (QED) is 0.793. The standard InChI is InChI=1S/C18H19FO4/c1-3-15(20)13-6-4-5-7-17(13)23-11-16(21)12-8-9-18(22-2)14(19)10-12/h4-10,16,21H,3,11H2,1-2H3. The number of benzene rings is 2. The molecule has 2 aromatic carbocycles. The number of Topliss-reactive ketones (excluding diaryl/α,β-unsaturated/α-hetero) is 1. The molecule has 0 aliphatic rings. The molecule has 122 valence electrons. The van der Waals surface area contributed by atoms with E-state index < -0.39 is 11.9 Å². The summed E-state index contributed by atoms with van der Waals surface area (Å²) in [4.78, 5) is 11.9. The van der Waals surface area contributed by atoms with Crippen LogP contribution >= 0.6 is 0 Å². The molecule has 1 unspecified atom stereocenters. The monoisotopic (exact) mass is 318 g/mol. The minimum atomic E-state index is -1.01. The lowest BCUT2D eigenvalue weighted by molar-refractivity contribution is 0.0956. The van der Waals surface area contributed by atoms with Crippen molar-refractivity contribution in [3.8, 4) is 11.5 Å². The molecule has 0 aromatic heterocycles. The van der Waals surface area contributed by atoms with E-state index in [4.69, 9.17) is 9.47 Å². The number of halogens is 1. The maximum absolute atomic E-state index is 13.7. The van der Waals surface area contributed by atoms with Gasteiger partial charge in [0.2, 0.25) is 0 Å². The van der Waals surface area contributed by atoms with Gasteiger partial charge in [-0.05, 0) is 29.8 Å². The molecule has 0 spiro atoms. The number of hydrogen-bond donors (Lipinski definition) is 1. The minimum absolute atomic E-state index is 0.0365. The fourth-order valence-electron chi connectivity index (χ4n) is 2.17. The van der Waals surface area contributed by atoms with Crippen LogP contribution in [0.3, 0.4) is 0 Å². The van der Waals surface area contributed by atoms with Crippen molar-refractivity contribution in [1.82, 2.24) is 0 Å². The van der Waals surface area contributed by atoms with Gasteiger partial charge >= 0.3 is 0 Å². The summed E-state index contributed by atoms with van der Waals surface area (Å²) in [5.74, 6) is -0.0654. The predicted molar refractivity (Wildman–Crippen MR) is 84.5 cm³/mol. The molecule has 0 bridgehead atoms. The highest BCUT2D eigenvalue weighted by atomic mass is 19.1. The zero-order valence-corrected chi connectivity index (χ0v) is 13.1. The van der Waals surface area contributed by atoms with E-state index in [2.05, 4.69) is 0 Å². The maximum Gasteiger partial charge on any atom is 0.166 e. The SMILES string of the molecule is CCC(=O)c1ccccc1OCC(O)c1ccc(OC)c(F)c1. The van der Waals surface area contributed by atoms with Crippen LogP contribution in [-0.2, 0) is 0 Å². The van der Waals surface area contributed by atoms with E-state index >= 15 is 0 Å². The highest BCUT2D eigenvalue weighted by Gasteiger charge is 2.15. The van der Waals surface area contributed by atoms with Crippen molar-refractivity contribution in [3.63, 3.8) is 0 Å². The third-order valence-corrected chi connectivity index (χ3v) is 3.47. The number of rotatable bonds is 7. The Balaban J connectivity index is 2.09. The summed E-state index contributed by atoms with van der Waals surface area (Å²) < 4.78 is 24.1. The Hall–Kier alpha value is -2.40. The van der Waals surface area contributed by atoms with E-state index in [1.54, 1.807) is 37.3 Å². The van der Waals surface area contributed by atoms with E-state index in [9.17, 15) is 14.3 Å². The number of carbonyl (C=O) groups excluding carboxylic acids is 1. The second-order valence-corrected chi connectivity index (χ2v) is 4.99. The van der Waals surface area contributed by atoms with Gasteiger partial charge in [0.1, 0.15) is 18.5 Å². The lowest BCUT2D eigenvalue weighted by Gasteiger charge is -2.15. The van der Waals surface area contributed by atoms with Crippen molar-refractivity contribution in [2.24, 2.45) is 0 Å². The van der Waals surface area contributed by atoms with Crippen molar-refractivity contribution in [1.29, 1.82) is 0 Å². The van der Waals surface area contributed by atoms with E-state index in [-0.39, 0.29) is 18.1 Å². The number of ether oxygens (including phenoxy) is 2. The normalized spacial score (nSPS) is 11.8. The van der Waals surface area contributed by atoms with Crippen molar-refractivity contribution < 1.29 is 23.8 Å². The summed E-state index contributed by atoms with van der Waals surface area (Å²) in [7, 11) is 1.37. The fraction of sp³-hybridized carbons (Fsp3) is 0.278. The first-order chi connectivity index (χ1) is 11.1. The zero-order valence-electron chi connectivity index (χ0n) is 13.1. The molecule has 1 N–H and O–H groups in total. The molecule has 0 radical (unpaired) electrons. The van der Waals surface area contributed by atoms with Gasteiger partial charge in [-0.3, -0.25) is 4.79 Å². The van der Waals surface area contributed by atoms with E-state index in [1.165, 1.54) is 19.2 Å². The minimum Gasteiger partial charge on any atom is -0.494 e. The second kappa shape index (κ2) is 7.74. The van der Waals surface area contributed by atoms with Crippen LogP contribution in [0, 0.1) is 5.82 Å². The number of aliphatic hydroxyl groups excluding tert-OH is 1. The summed E-state index contributed by atoms with van der Waals surface area (Å²) in [6.07, 6.45) is -0.646. The Morgan fingerprint density at radius 1 is 1.22 bits per heavy atom. The molecular formula is C18H19FO4. The largest absolute Gasteiger partial charge is 0.494 e. The van der Waals surface area contributed by atoms with Crippen LogP contribution < -0.4 is 9.47 Å². The van der Waals surface area contributed by atoms with Crippen molar-refractivity contribution >= 4 is 5.78 Å². The van der Waals surface area contributed by atoms with Crippen LogP contribution in [0.4, 0.5) is 4.39 Å². The molecule has 0 amide bonds. The second-order valence-electron chi connectivity index (χ2n) is 4.99. The van der Waals surface area contributed by atoms with Crippen LogP contribution in [-0.4, -0.2) is 24.6 Å². The number of hydrogen-bond acceptors (Lipinski definition) is 4. The Morgan fingerprint density at radius 2 is 1.96 bits per heavy atom. The number of methoxy groups -OCH3 is 1. The topological polar surface area (TPSA) is 55.8 Å². The Bertz CT molecular complexity index is 684. The highest BCUT2D eigenvalue weighted by Crippen LogP contribution is 2.24. The summed E-state index contributed by atoms with van der Waals surface area (Å²) in [6, 6.07) is 11.1. The summed E-state index contributed by atoms with van der Waals surface area (Å²) >= 11 is 0. The highest BCUT2D eigenvalue weighted by molar-refractivity contribution is 5.98. The molecule has 5 heteroatoms. The molecule has 0 heterocycles. The van der Waals surface area contributed by atoms with E-state index in [1.807, 2.05) is 0 Å². The lowest BCUT2D eigenvalue weighted by Crippen LogP contribution is -2.12. The summed E-state index contributed by atoms with van der Waals surface area (Å²) in [5.41, 5.74) is 0.853. The third-order valence-electron chi connectivity index (χ3n) is 3.47. The molecule has 23 heavy (non-hydrogen) atoms. The van der Waals surface area contributed by atoms with Gasteiger partial charge in [-0.25, -0.2) is 4.39 Å². The summed E-state index contributed by atoms with van der Waals surface area (Å²) in [5, 5.41) is 10.1. The zero-order chi connectivity index (χ0) is 16.8. The van der Waals surface area contributed by atoms with Gasteiger partial charge in [0.15, 0.2) is 17.3 Å². The molecular weight excluding hydrogens is 299 g/mol. The predicted octanol–water partition coefficient (Wildman–Crippen LogP) is 3.54. The molecule has 0 saturated heterocycles. The fourth-order valence-corrected chi connectivity index (χ4v) is 2.17. The van der Waals surface area contributed by atoms with Gasteiger partial charge < -0.3 is 14.6 Å². The average molecular weight is 318 g/mol. The van der Waals surface area contributed by atoms with Gasteiger partial charge in [0.25, 0.3) is 0 Å². The molecule has 0 saturated carbocycles. The maximum atomic E-state index is 13.7. The van der Waals surface area contributed by atoms with Crippen molar-refractivity contribution in [2.45, 2.75) is 19.4 Å². The summed E-state index contributed by atoms with van der Waals surface area (Å²) in [6.45, 7) is 1.69. The van der Waals surface area contributed by atoms with Crippen LogP contribution in [0.25, 0.3) is 0 Å². The number of ketones is 1. The molecule has 1 atom stereocenters.